The number of aliphatic imine (C=N–C) groups is 1. The van der Waals surface area contributed by atoms with E-state index >= 15 is 0 Å². The molecule has 74 heavy (non-hydrogen) atoms. The maximum absolute atomic E-state index is 13.2. The lowest BCUT2D eigenvalue weighted by Gasteiger charge is -2.27. The summed E-state index contributed by atoms with van der Waals surface area (Å²) >= 11 is 7.88. The largest absolute Gasteiger partial charge is 0.483 e. The number of carbonyl (C=O) groups is 6. The van der Waals surface area contributed by atoms with Gasteiger partial charge >= 0.3 is 0 Å². The second kappa shape index (κ2) is 28.0. The van der Waals surface area contributed by atoms with Gasteiger partial charge in [-0.15, -0.1) is 21.5 Å². The van der Waals surface area contributed by atoms with Gasteiger partial charge in [0.05, 0.1) is 116 Å². The van der Waals surface area contributed by atoms with E-state index in [0.29, 0.717) is 103 Å². The zero-order valence-electron chi connectivity index (χ0n) is 41.6. The Kier molecular flexibility index (Phi) is 21.1. The molecule has 7 rings (SSSR count). The molecule has 3 aliphatic heterocycles. The van der Waals surface area contributed by atoms with Crippen LogP contribution in [0.2, 0.25) is 5.02 Å². The molecule has 4 aromatic rings. The molecule has 0 saturated carbocycles. The maximum atomic E-state index is 13.2. The summed E-state index contributed by atoms with van der Waals surface area (Å²) in [4.78, 5) is 82.8. The van der Waals surface area contributed by atoms with Crippen molar-refractivity contribution in [2.75, 3.05) is 112 Å². The fourth-order valence-electron chi connectivity index (χ4n) is 8.13. The molecule has 5 heterocycles. The average molecular weight is 1070 g/mol. The number of aromatic nitrogens is 3. The number of halogens is 1. The molecule has 6 amide bonds. The zero-order chi connectivity index (χ0) is 52.4. The van der Waals surface area contributed by atoms with Crippen molar-refractivity contribution in [2.45, 2.75) is 52.1 Å². The Labute approximate surface area is 436 Å². The molecule has 0 bridgehead atoms. The highest BCUT2D eigenvalue weighted by Crippen LogP contribution is 2.40. The van der Waals surface area contributed by atoms with Crippen LogP contribution in [0.3, 0.4) is 0 Å². The normalized spacial score (nSPS) is 16.1. The van der Waals surface area contributed by atoms with Gasteiger partial charge in [0.15, 0.2) is 12.4 Å². The number of hydrogen-bond donors (Lipinski definition) is 3. The van der Waals surface area contributed by atoms with Crippen molar-refractivity contribution >= 4 is 64.1 Å². The molecule has 1 saturated heterocycles. The first-order valence-corrected chi connectivity index (χ1v) is 25.5. The summed E-state index contributed by atoms with van der Waals surface area (Å²) in [5.41, 5.74) is 3.86. The quantitative estimate of drug-likeness (QED) is 0.0484. The van der Waals surface area contributed by atoms with Gasteiger partial charge in [0.2, 0.25) is 17.7 Å². The Hall–Kier alpha value is -6.02. The predicted octanol–water partition coefficient (Wildman–Crippen LogP) is 3.02. The van der Waals surface area contributed by atoms with Crippen LogP contribution in [0.4, 0.5) is 0 Å². The first-order valence-electron chi connectivity index (χ1n) is 24.3. The van der Waals surface area contributed by atoms with Crippen molar-refractivity contribution < 1.29 is 66.7 Å². The van der Waals surface area contributed by atoms with Crippen LogP contribution < -0.4 is 20.7 Å². The van der Waals surface area contributed by atoms with Crippen LogP contribution in [0, 0.1) is 20.8 Å². The number of amides is 6. The highest BCUT2D eigenvalue weighted by atomic mass is 35.5. The van der Waals surface area contributed by atoms with E-state index in [9.17, 15) is 28.8 Å². The van der Waals surface area contributed by atoms with Gasteiger partial charge < -0.3 is 48.5 Å². The molecular formula is C50H61ClN8O14S. The monoisotopic (exact) mass is 1060 g/mol. The molecule has 1 unspecified atom stereocenters. The molecule has 24 heteroatoms. The predicted molar refractivity (Wildman–Crippen MR) is 268 cm³/mol. The Bertz CT molecular complexity index is 2640. The van der Waals surface area contributed by atoms with E-state index in [1.807, 2.05) is 35.8 Å². The van der Waals surface area contributed by atoms with Crippen molar-refractivity contribution in [1.29, 1.82) is 0 Å². The third-order valence-electron chi connectivity index (χ3n) is 11.9. The highest BCUT2D eigenvalue weighted by molar-refractivity contribution is 7.15. The molecule has 0 radical (unpaired) electrons. The van der Waals surface area contributed by atoms with Crippen molar-refractivity contribution in [2.24, 2.45) is 4.99 Å². The van der Waals surface area contributed by atoms with Crippen molar-refractivity contribution in [3.63, 3.8) is 0 Å². The minimum atomic E-state index is -1.11. The number of thiophene rings is 1. The molecule has 2 aromatic heterocycles. The molecule has 22 nitrogen and oxygen atoms in total. The molecule has 1 fully saturated rings. The van der Waals surface area contributed by atoms with Gasteiger partial charge in [-0.2, -0.15) is 0 Å². The number of rotatable bonds is 31. The number of benzene rings is 2. The highest BCUT2D eigenvalue weighted by Gasteiger charge is 2.46. The Morgan fingerprint density at radius 1 is 0.716 bits per heavy atom. The summed E-state index contributed by atoms with van der Waals surface area (Å²) in [5.74, 6) is -1.82. The van der Waals surface area contributed by atoms with Crippen molar-refractivity contribution in [3.05, 3.63) is 91.8 Å². The van der Waals surface area contributed by atoms with Gasteiger partial charge in [-0.1, -0.05) is 29.8 Å². The van der Waals surface area contributed by atoms with Gasteiger partial charge in [0.1, 0.15) is 28.7 Å². The van der Waals surface area contributed by atoms with E-state index < -0.39 is 48.2 Å². The SMILES string of the molecule is Cc1sc2c(c1C)C(c1ccc(Cl)cc1)=N[C@@H](CC(=O)NCCOCCOCCOCCOCCOCCOCCOCCNC(=O)COc1cccc3c1C(=O)N(C1CCC(=O)NC1=O)C3=O)c1nnc(C)n1-2. The average Bonchev–Trinajstić information content (AvgIpc) is 3.96. The lowest BCUT2D eigenvalue weighted by atomic mass is 9.99. The third-order valence-corrected chi connectivity index (χ3v) is 13.3. The van der Waals surface area contributed by atoms with Crippen LogP contribution in [-0.4, -0.2) is 179 Å². The fraction of sp³-hybridized carbons (Fsp3) is 0.500. The summed E-state index contributed by atoms with van der Waals surface area (Å²) in [6.07, 6.45) is 0.122. The summed E-state index contributed by atoms with van der Waals surface area (Å²) < 4.78 is 46.4. The number of piperidine rings is 1. The first-order chi connectivity index (χ1) is 35.9. The summed E-state index contributed by atoms with van der Waals surface area (Å²) in [6, 6.07) is 10.3. The summed E-state index contributed by atoms with van der Waals surface area (Å²) in [6.45, 7) is 11.4. The van der Waals surface area contributed by atoms with Gasteiger partial charge in [-0.25, -0.2) is 0 Å². The van der Waals surface area contributed by atoms with E-state index in [2.05, 4.69) is 40.0 Å². The van der Waals surface area contributed by atoms with Crippen LogP contribution in [0.25, 0.3) is 5.00 Å². The lowest BCUT2D eigenvalue weighted by molar-refractivity contribution is -0.136. The Morgan fingerprint density at radius 2 is 1.28 bits per heavy atom. The van der Waals surface area contributed by atoms with E-state index in [1.54, 1.807) is 11.3 Å². The topological polar surface area (TPSA) is 259 Å². The second-order valence-corrected chi connectivity index (χ2v) is 18.6. The summed E-state index contributed by atoms with van der Waals surface area (Å²) in [5, 5.41) is 18.2. The van der Waals surface area contributed by atoms with Crippen molar-refractivity contribution in [3.8, 4) is 10.8 Å². The van der Waals surface area contributed by atoms with E-state index in [-0.39, 0.29) is 55.2 Å². The van der Waals surface area contributed by atoms with E-state index in [0.717, 1.165) is 38.1 Å². The minimum Gasteiger partial charge on any atom is -0.483 e. The zero-order valence-corrected chi connectivity index (χ0v) is 43.1. The third kappa shape index (κ3) is 14.8. The number of nitrogens with one attached hydrogen (secondary N) is 3. The molecule has 2 atom stereocenters. The minimum absolute atomic E-state index is 0.00350. The molecule has 0 aliphatic carbocycles. The van der Waals surface area contributed by atoms with Gasteiger partial charge in [-0.05, 0) is 57.0 Å². The first kappa shape index (κ1) is 55.7. The van der Waals surface area contributed by atoms with Crippen LogP contribution in [-0.2, 0) is 52.3 Å². The second-order valence-electron chi connectivity index (χ2n) is 17.0. The molecule has 3 aliphatic rings. The number of aryl methyl sites for hydroxylation is 2. The number of carbonyl (C=O) groups excluding carboxylic acids is 6. The maximum Gasteiger partial charge on any atom is 0.266 e. The van der Waals surface area contributed by atoms with E-state index in [4.69, 9.17) is 54.5 Å². The Morgan fingerprint density at radius 3 is 1.86 bits per heavy atom. The number of nitrogens with zero attached hydrogens (tertiary/aromatic N) is 5. The fourth-order valence-corrected chi connectivity index (χ4v) is 9.47. The molecule has 3 N–H and O–H groups in total. The summed E-state index contributed by atoms with van der Waals surface area (Å²) in [7, 11) is 0. The van der Waals surface area contributed by atoms with Gasteiger partial charge in [0, 0.05) is 40.5 Å². The Balaban J connectivity index is 0.630. The van der Waals surface area contributed by atoms with Gasteiger partial charge in [0.25, 0.3) is 17.7 Å². The molecule has 398 valence electrons. The van der Waals surface area contributed by atoms with Crippen LogP contribution >= 0.6 is 22.9 Å². The van der Waals surface area contributed by atoms with Crippen LogP contribution in [0.15, 0.2) is 47.5 Å². The van der Waals surface area contributed by atoms with Crippen molar-refractivity contribution in [1.82, 2.24) is 35.6 Å². The van der Waals surface area contributed by atoms with Gasteiger partial charge in [-0.3, -0.25) is 48.5 Å². The van der Waals surface area contributed by atoms with E-state index in [1.165, 1.54) is 23.1 Å². The number of fused-ring (bicyclic) bond motifs is 4. The van der Waals surface area contributed by atoms with Crippen LogP contribution in [0.1, 0.15) is 79.2 Å². The molecular weight excluding hydrogens is 1000 g/mol. The lowest BCUT2D eigenvalue weighted by Crippen LogP contribution is -2.54. The number of imide groups is 2. The standard InChI is InChI=1S/C50H61ClN8O14S/c1-31-32(2)74-50-43(31)45(34-7-9-35(51)10-8-34)54-37(46-57-56-33(3)58(46)50)29-41(61)52-13-15-66-17-19-68-21-23-70-25-27-72-28-26-71-24-22-69-20-18-67-16-14-53-42(62)30-73-39-6-4-5-36-44(39)49(65)59(48(36)64)38-11-12-40(60)55-47(38)63/h4-10,37-38H,11-30H2,1-3H3,(H,52,61)(H,53,62)(H,55,60,63)/t37-,38?/m0/s1. The molecule has 0 spiro atoms. The van der Waals surface area contributed by atoms with Crippen LogP contribution in [0.5, 0.6) is 5.75 Å². The molecule has 2 aromatic carbocycles. The smallest absolute Gasteiger partial charge is 0.266 e. The number of ether oxygens (including phenoxy) is 8. The number of hydrogen-bond acceptors (Lipinski definition) is 18.